The monoisotopic (exact) mass is 594 g/mol. The summed E-state index contributed by atoms with van der Waals surface area (Å²) in [5, 5.41) is 0. The van der Waals surface area contributed by atoms with Gasteiger partial charge in [-0.15, -0.1) is 11.4 Å². The van der Waals surface area contributed by atoms with Crippen LogP contribution in [0.3, 0.4) is 0 Å². The van der Waals surface area contributed by atoms with Crippen molar-refractivity contribution in [2.75, 3.05) is 13.2 Å². The molecule has 6 heteroatoms. The van der Waals surface area contributed by atoms with Crippen LogP contribution in [0.4, 0.5) is 11.4 Å². The number of nitrogens with zero attached hydrogens (tertiary/aromatic N) is 2. The van der Waals surface area contributed by atoms with Gasteiger partial charge in [0.15, 0.2) is 0 Å². The van der Waals surface area contributed by atoms with Crippen LogP contribution in [-0.2, 0) is 4.74 Å². The van der Waals surface area contributed by atoms with Crippen LogP contribution in [0, 0.1) is 0 Å². The molecular formula is C34H62MgN2OSi2. The number of hydrogen-bond acceptors (Lipinski definition) is 1. The van der Waals surface area contributed by atoms with Crippen molar-refractivity contribution in [3.63, 3.8) is 0 Å². The average molecular weight is 595 g/mol. The van der Waals surface area contributed by atoms with Crippen molar-refractivity contribution >= 4 is 50.9 Å². The standard InChI is InChI=1S/2C15H26NSi.C4H10O.Mg/c2*1-11(2)13-9-8-10-14(12(3)4)15(13)16-17(5,6)7;1-3-5-4-2;/h2*8-12H,1-7H3;3-4H2,1-2H3;/q2*-1;;+2. The van der Waals surface area contributed by atoms with Gasteiger partial charge < -0.3 is 14.7 Å². The van der Waals surface area contributed by atoms with Gasteiger partial charge in [-0.2, -0.15) is 0 Å². The van der Waals surface area contributed by atoms with Gasteiger partial charge in [0.1, 0.15) is 0 Å². The van der Waals surface area contributed by atoms with Gasteiger partial charge in [-0.05, 0) is 54.0 Å². The molecule has 0 saturated carbocycles. The summed E-state index contributed by atoms with van der Waals surface area (Å²) in [7, 11) is -2.86. The van der Waals surface area contributed by atoms with Crippen molar-refractivity contribution in [1.29, 1.82) is 0 Å². The zero-order valence-electron chi connectivity index (χ0n) is 29.2. The van der Waals surface area contributed by atoms with E-state index in [9.17, 15) is 0 Å². The van der Waals surface area contributed by atoms with Crippen LogP contribution in [0.5, 0.6) is 0 Å². The molecule has 2 rings (SSSR count). The SMILES string of the molecule is CC(C)c1cccc(C(C)C)c1[N-][Si](C)(C)C.CC(C)c1cccc(C(C)C)c1[N-][Si](C)(C)C.CCOCC.[Mg+2]. The van der Waals surface area contributed by atoms with Gasteiger partial charge in [-0.25, -0.2) is 0 Å². The maximum Gasteiger partial charge on any atom is 2.00 e. The van der Waals surface area contributed by atoms with Crippen LogP contribution in [0.25, 0.3) is 9.96 Å². The Balaban J connectivity index is 0. The fraction of sp³-hybridized carbons (Fsp3) is 0.647. The first-order valence-electron chi connectivity index (χ1n) is 15.1. The molecule has 2 aromatic rings. The van der Waals surface area contributed by atoms with Crippen molar-refractivity contribution in [3.05, 3.63) is 68.6 Å². The molecule has 0 radical (unpaired) electrons. The number of benzene rings is 2. The Hall–Kier alpha value is -0.800. The Morgan fingerprint density at radius 2 is 0.750 bits per heavy atom. The summed E-state index contributed by atoms with van der Waals surface area (Å²) in [6.07, 6.45) is 0. The van der Waals surface area contributed by atoms with E-state index in [2.05, 4.69) is 131 Å². The molecule has 0 aromatic heterocycles. The molecule has 40 heavy (non-hydrogen) atoms. The second kappa shape index (κ2) is 19.4. The number of rotatable bonds is 10. The van der Waals surface area contributed by atoms with Gasteiger partial charge in [0.25, 0.3) is 0 Å². The predicted octanol–water partition coefficient (Wildman–Crippen LogP) is 12.2. The zero-order valence-corrected chi connectivity index (χ0v) is 32.6. The van der Waals surface area contributed by atoms with E-state index in [0.29, 0.717) is 23.7 Å². The van der Waals surface area contributed by atoms with Crippen LogP contribution in [0.1, 0.15) is 115 Å². The fourth-order valence-corrected chi connectivity index (χ4v) is 6.01. The molecule has 3 nitrogen and oxygen atoms in total. The predicted molar refractivity (Wildman–Crippen MR) is 190 cm³/mol. The average Bonchev–Trinajstić information content (AvgIpc) is 2.78. The zero-order chi connectivity index (χ0) is 30.6. The third kappa shape index (κ3) is 16.0. The smallest absolute Gasteiger partial charge is 0.687 e. The Bertz CT molecular complexity index is 831. The first kappa shape index (κ1) is 41.3. The van der Waals surface area contributed by atoms with Gasteiger partial charge in [0, 0.05) is 13.2 Å². The van der Waals surface area contributed by atoms with Crippen molar-refractivity contribution in [3.8, 4) is 0 Å². The van der Waals surface area contributed by atoms with Gasteiger partial charge in [0.2, 0.25) is 0 Å². The molecule has 0 bridgehead atoms. The molecule has 2 aromatic carbocycles. The Morgan fingerprint density at radius 3 is 0.875 bits per heavy atom. The maximum absolute atomic E-state index is 5.07. The molecule has 0 aliphatic carbocycles. The molecule has 0 N–H and O–H groups in total. The molecule has 0 heterocycles. The van der Waals surface area contributed by atoms with Gasteiger partial charge >= 0.3 is 23.1 Å². The topological polar surface area (TPSA) is 37.4 Å². The van der Waals surface area contributed by atoms with Crippen LogP contribution in [0.2, 0.25) is 39.3 Å². The molecule has 0 spiro atoms. The summed E-state index contributed by atoms with van der Waals surface area (Å²) in [5.74, 6) is 2.18. The molecule has 0 amide bonds. The minimum atomic E-state index is -1.43. The van der Waals surface area contributed by atoms with Crippen molar-refractivity contribution in [2.24, 2.45) is 0 Å². The van der Waals surface area contributed by atoms with E-state index in [1.54, 1.807) is 0 Å². The second-order valence-corrected chi connectivity index (χ2v) is 22.7. The molecule has 224 valence electrons. The second-order valence-electron chi connectivity index (χ2n) is 13.5. The van der Waals surface area contributed by atoms with E-state index in [4.69, 9.17) is 14.7 Å². The number of hydrogen-bond donors (Lipinski definition) is 0. The summed E-state index contributed by atoms with van der Waals surface area (Å²) >= 11 is 0. The van der Waals surface area contributed by atoms with E-state index in [0.717, 1.165) is 13.2 Å². The van der Waals surface area contributed by atoms with Gasteiger partial charge in [-0.3, -0.25) is 0 Å². The fourth-order valence-electron chi connectivity index (χ4n) is 4.16. The molecule has 0 aliphatic rings. The molecule has 0 fully saturated rings. The van der Waals surface area contributed by atoms with Crippen LogP contribution in [0.15, 0.2) is 36.4 Å². The van der Waals surface area contributed by atoms with Crippen LogP contribution in [-0.4, -0.2) is 52.7 Å². The summed E-state index contributed by atoms with van der Waals surface area (Å²) in [5.41, 5.74) is 8.16. The van der Waals surface area contributed by atoms with Crippen LogP contribution < -0.4 is 0 Å². The third-order valence-electron chi connectivity index (χ3n) is 5.99. The van der Waals surface area contributed by atoms with Gasteiger partial charge in [-0.1, -0.05) is 153 Å². The molecule has 0 aliphatic heterocycles. The van der Waals surface area contributed by atoms with Crippen LogP contribution >= 0.6 is 0 Å². The third-order valence-corrected chi connectivity index (χ3v) is 7.78. The summed E-state index contributed by atoms with van der Waals surface area (Å²) in [6.45, 7) is 37.5. The first-order valence-corrected chi connectivity index (χ1v) is 22.0. The van der Waals surface area contributed by atoms with E-state index in [-0.39, 0.29) is 23.1 Å². The quantitative estimate of drug-likeness (QED) is 0.252. The summed E-state index contributed by atoms with van der Waals surface area (Å²) in [4.78, 5) is 10.1. The van der Waals surface area contributed by atoms with Gasteiger partial charge in [0.05, 0.1) is 0 Å². The largest absolute Gasteiger partial charge is 2.00 e. The maximum atomic E-state index is 5.07. The van der Waals surface area contributed by atoms with E-state index < -0.39 is 16.5 Å². The Kier molecular flexibility index (Phi) is 20.0. The van der Waals surface area contributed by atoms with E-state index in [1.807, 2.05) is 13.8 Å². The number of ether oxygens (including phenoxy) is 1. The Morgan fingerprint density at radius 1 is 0.525 bits per heavy atom. The summed E-state index contributed by atoms with van der Waals surface area (Å²) < 4.78 is 4.83. The molecule has 0 saturated heterocycles. The van der Waals surface area contributed by atoms with E-state index in [1.165, 1.54) is 33.6 Å². The molecular weight excluding hydrogens is 533 g/mol. The Labute approximate surface area is 268 Å². The summed E-state index contributed by atoms with van der Waals surface area (Å²) in [6, 6.07) is 13.3. The minimum absolute atomic E-state index is 0. The van der Waals surface area contributed by atoms with E-state index >= 15 is 0 Å². The molecule has 0 atom stereocenters. The van der Waals surface area contributed by atoms with Crippen molar-refractivity contribution < 1.29 is 4.74 Å². The van der Waals surface area contributed by atoms with Crippen molar-refractivity contribution in [2.45, 2.75) is 132 Å². The first-order chi connectivity index (χ1) is 17.9. The van der Waals surface area contributed by atoms with Crippen molar-refractivity contribution in [1.82, 2.24) is 0 Å². The molecule has 0 unspecified atom stereocenters. The minimum Gasteiger partial charge on any atom is -0.687 e. The normalized spacial score (nSPS) is 11.5.